The summed E-state index contributed by atoms with van der Waals surface area (Å²) in [5, 5.41) is 15.6. The van der Waals surface area contributed by atoms with Crippen molar-refractivity contribution in [2.24, 2.45) is 5.92 Å². The van der Waals surface area contributed by atoms with E-state index in [4.69, 9.17) is 18.1 Å². The van der Waals surface area contributed by atoms with Crippen LogP contribution in [0.25, 0.3) is 11.2 Å². The molecule has 0 unspecified atom stereocenters. The number of fused-ring (bicyclic) bond motifs is 1. The van der Waals surface area contributed by atoms with E-state index in [0.717, 1.165) is 22.2 Å². The van der Waals surface area contributed by atoms with E-state index in [2.05, 4.69) is 65.3 Å². The molecule has 1 aliphatic heterocycles. The molecule has 3 heterocycles. The van der Waals surface area contributed by atoms with Crippen LogP contribution in [0.4, 0.5) is 11.6 Å². The van der Waals surface area contributed by atoms with Gasteiger partial charge in [-0.3, -0.25) is 29.0 Å². The number of nitro benzene ring substituents is 1. The van der Waals surface area contributed by atoms with Crippen molar-refractivity contribution in [3.63, 3.8) is 0 Å². The third kappa shape index (κ3) is 8.97. The summed E-state index contributed by atoms with van der Waals surface area (Å²) in [6.07, 6.45) is 0.505. The van der Waals surface area contributed by atoms with Crippen LogP contribution < -0.4 is 20.4 Å². The van der Waals surface area contributed by atoms with Crippen molar-refractivity contribution in [3.8, 4) is 5.88 Å². The molecule has 0 bridgehead atoms. The smallest absolute Gasteiger partial charge is 0.269 e. The number of nitro groups is 1. The van der Waals surface area contributed by atoms with Crippen molar-refractivity contribution in [1.29, 1.82) is 0 Å². The number of non-ortho nitro benzene ring substituents is 1. The second kappa shape index (κ2) is 16.6. The first-order chi connectivity index (χ1) is 26.6. The van der Waals surface area contributed by atoms with Gasteiger partial charge in [0.05, 0.1) is 30.7 Å². The van der Waals surface area contributed by atoms with Crippen molar-refractivity contribution in [2.45, 2.75) is 70.9 Å². The van der Waals surface area contributed by atoms with E-state index in [1.165, 1.54) is 18.5 Å². The fourth-order valence-corrected chi connectivity index (χ4v) is 12.1. The predicted octanol–water partition coefficient (Wildman–Crippen LogP) is 5.16. The molecule has 0 saturated carbocycles. The molecule has 0 radical (unpaired) electrons. The minimum atomic E-state index is -3.91. The number of rotatable bonds is 15. The summed E-state index contributed by atoms with van der Waals surface area (Å²) in [5.74, 6) is -0.597. The zero-order chi connectivity index (χ0) is 40.3. The Morgan fingerprint density at radius 3 is 2.20 bits per heavy atom. The van der Waals surface area contributed by atoms with E-state index < -0.39 is 41.8 Å². The molecule has 0 spiro atoms. The fourth-order valence-electron chi connectivity index (χ4n) is 6.88. The number of ether oxygens (including phenoxy) is 2. The topological polar surface area (TPSA) is 187 Å². The molecule has 1 aliphatic rings. The lowest BCUT2D eigenvalue weighted by atomic mass is 10.1. The number of anilines is 1. The average molecular weight is 803 g/mol. The fraction of sp³-hybridized carbons (Fsp3) is 0.385. The number of hydrogen-bond acceptors (Lipinski definition) is 12. The van der Waals surface area contributed by atoms with Gasteiger partial charge in [0.1, 0.15) is 18.4 Å². The van der Waals surface area contributed by atoms with Crippen molar-refractivity contribution < 1.29 is 36.2 Å². The summed E-state index contributed by atoms with van der Waals surface area (Å²) < 4.78 is 52.3. The van der Waals surface area contributed by atoms with E-state index in [0.29, 0.717) is 6.42 Å². The summed E-state index contributed by atoms with van der Waals surface area (Å²) in [5.41, 5.74) is 1.36. The molecule has 1 saturated heterocycles. The van der Waals surface area contributed by atoms with Crippen LogP contribution in [0.1, 0.15) is 52.8 Å². The first-order valence-corrected chi connectivity index (χ1v) is 22.0. The number of amides is 1. The second-order valence-electron chi connectivity index (χ2n) is 15.0. The summed E-state index contributed by atoms with van der Waals surface area (Å²) in [4.78, 5) is 37.0. The Morgan fingerprint density at radius 2 is 1.64 bits per heavy atom. The van der Waals surface area contributed by atoms with Crippen LogP contribution in [-0.2, 0) is 34.7 Å². The second-order valence-corrected chi connectivity index (χ2v) is 20.9. The lowest BCUT2D eigenvalue weighted by Crippen LogP contribution is -2.67. The summed E-state index contributed by atoms with van der Waals surface area (Å²) in [7, 11) is -6.95. The van der Waals surface area contributed by atoms with Crippen LogP contribution in [0.15, 0.2) is 91.3 Å². The zero-order valence-corrected chi connectivity index (χ0v) is 33.9. The van der Waals surface area contributed by atoms with Gasteiger partial charge in [0.25, 0.3) is 24.1 Å². The van der Waals surface area contributed by atoms with Crippen LogP contribution in [0.5, 0.6) is 5.88 Å². The SMILES string of the molecule is CC(C)C(=O)Nc1nc(OCCc2ccc([N+](=O)[O-])cc2)c2ncn([C@H]3C[C@H](OS(C)(=O)=O)[C@@H](CO[Si](c4ccccc4)(c4ccccc4)C(C)(C)C)O3)c2n1. The van der Waals surface area contributed by atoms with Crippen LogP contribution in [-0.4, -0.2) is 78.8 Å². The largest absolute Gasteiger partial charge is 0.476 e. The number of imidazole rings is 1. The number of carbonyl (C=O) groups is 1. The Balaban J connectivity index is 1.32. The van der Waals surface area contributed by atoms with Gasteiger partial charge < -0.3 is 13.9 Å². The van der Waals surface area contributed by atoms with E-state index in [9.17, 15) is 23.3 Å². The molecule has 56 heavy (non-hydrogen) atoms. The van der Waals surface area contributed by atoms with Crippen LogP contribution in [0.2, 0.25) is 5.04 Å². The normalized spacial score (nSPS) is 17.7. The number of nitrogens with zero attached hydrogens (tertiary/aromatic N) is 5. The van der Waals surface area contributed by atoms with E-state index >= 15 is 0 Å². The Morgan fingerprint density at radius 1 is 1.02 bits per heavy atom. The minimum absolute atomic E-state index is 0.0154. The van der Waals surface area contributed by atoms with Crippen LogP contribution in [0.3, 0.4) is 0 Å². The molecule has 3 atom stereocenters. The van der Waals surface area contributed by atoms with Crippen molar-refractivity contribution in [2.75, 3.05) is 24.8 Å². The highest BCUT2D eigenvalue weighted by molar-refractivity contribution is 7.86. The molecule has 5 aromatic rings. The number of aromatic nitrogens is 4. The van der Waals surface area contributed by atoms with Gasteiger partial charge in [-0.1, -0.05) is 107 Å². The Labute approximate surface area is 326 Å². The highest BCUT2D eigenvalue weighted by Gasteiger charge is 2.51. The Bertz CT molecular complexity index is 2230. The molecule has 0 aliphatic carbocycles. The monoisotopic (exact) mass is 802 g/mol. The van der Waals surface area contributed by atoms with Gasteiger partial charge in [-0.2, -0.15) is 18.4 Å². The van der Waals surface area contributed by atoms with Gasteiger partial charge in [-0.15, -0.1) is 0 Å². The number of hydrogen-bond donors (Lipinski definition) is 1. The standard InChI is InChI=1S/C39H46N6O9SSi/c1-26(2)36(46)42-38-41-35-34(37(43-38)51-22-21-27-17-19-28(20-18-27)45(47)48)40-25-44(35)33-23-31(54-55(6,49)50)32(53-33)24-52-56(39(3,4)5,29-13-9-7-10-14-29)30-15-11-8-12-16-30/h7-20,25-26,31-33H,21-24H2,1-6H3,(H,41,42,43,46)/t31-,32+,33+/m0/s1. The van der Waals surface area contributed by atoms with Gasteiger partial charge in [-0.25, -0.2) is 4.98 Å². The highest BCUT2D eigenvalue weighted by Crippen LogP contribution is 2.39. The summed E-state index contributed by atoms with van der Waals surface area (Å²) in [6.45, 7) is 10.1. The zero-order valence-electron chi connectivity index (χ0n) is 32.1. The Hall–Kier alpha value is -5.07. The molecular weight excluding hydrogens is 757 g/mol. The molecule has 296 valence electrons. The lowest BCUT2D eigenvalue weighted by molar-refractivity contribution is -0.384. The van der Waals surface area contributed by atoms with Gasteiger partial charge in [0.2, 0.25) is 17.7 Å². The first kappa shape index (κ1) is 40.6. The number of nitrogens with one attached hydrogen (secondary N) is 1. The maximum absolute atomic E-state index is 12.7. The molecular formula is C39H46N6O9SSi. The first-order valence-electron chi connectivity index (χ1n) is 18.3. The predicted molar refractivity (Wildman–Crippen MR) is 213 cm³/mol. The van der Waals surface area contributed by atoms with Crippen LogP contribution in [0, 0.1) is 16.0 Å². The van der Waals surface area contributed by atoms with Gasteiger partial charge in [0.15, 0.2) is 11.2 Å². The molecule has 1 N–H and O–H groups in total. The summed E-state index contributed by atoms with van der Waals surface area (Å²) >= 11 is 0. The highest BCUT2D eigenvalue weighted by atomic mass is 32.2. The van der Waals surface area contributed by atoms with Crippen molar-refractivity contribution >= 4 is 57.5 Å². The van der Waals surface area contributed by atoms with E-state index in [1.807, 2.05) is 36.4 Å². The number of benzene rings is 3. The molecule has 1 fully saturated rings. The average Bonchev–Trinajstić information content (AvgIpc) is 3.75. The van der Waals surface area contributed by atoms with E-state index in [1.54, 1.807) is 30.5 Å². The van der Waals surface area contributed by atoms with Gasteiger partial charge in [-0.05, 0) is 21.0 Å². The third-order valence-corrected chi connectivity index (χ3v) is 15.2. The Kier molecular flexibility index (Phi) is 12.0. The third-order valence-electron chi connectivity index (χ3n) is 9.60. The maximum Gasteiger partial charge on any atom is 0.269 e. The van der Waals surface area contributed by atoms with Crippen molar-refractivity contribution in [3.05, 3.63) is 107 Å². The molecule has 17 heteroatoms. The van der Waals surface area contributed by atoms with E-state index in [-0.39, 0.29) is 65.2 Å². The van der Waals surface area contributed by atoms with Crippen LogP contribution >= 0.6 is 0 Å². The molecule has 2 aromatic heterocycles. The lowest BCUT2D eigenvalue weighted by Gasteiger charge is -2.43. The quantitative estimate of drug-likeness (QED) is 0.0635. The molecule has 3 aromatic carbocycles. The molecule has 6 rings (SSSR count). The van der Waals surface area contributed by atoms with Gasteiger partial charge >= 0.3 is 0 Å². The molecule has 15 nitrogen and oxygen atoms in total. The molecule has 1 amide bonds. The minimum Gasteiger partial charge on any atom is -0.476 e. The van der Waals surface area contributed by atoms with Crippen molar-refractivity contribution in [1.82, 2.24) is 19.5 Å². The summed E-state index contributed by atoms with van der Waals surface area (Å²) in [6, 6.07) is 26.3. The number of carbonyl (C=O) groups excluding carboxylic acids is 1. The van der Waals surface area contributed by atoms with Gasteiger partial charge in [0, 0.05) is 30.9 Å². The maximum atomic E-state index is 12.7.